The van der Waals surface area contributed by atoms with Gasteiger partial charge in [0.15, 0.2) is 0 Å². The molecule has 3 atom stereocenters. The lowest BCUT2D eigenvalue weighted by Gasteiger charge is -2.25. The third-order valence-electron chi connectivity index (χ3n) is 9.24. The molecule has 1 amide bonds. The Balaban J connectivity index is 3.78. The molecule has 0 aliphatic rings. The number of phosphoric acid groups is 1. The first-order valence-electron chi connectivity index (χ1n) is 20.7. The molecule has 0 aromatic carbocycles. The van der Waals surface area contributed by atoms with Crippen LogP contribution in [0.2, 0.25) is 0 Å². The molecule has 0 aromatic rings. The van der Waals surface area contributed by atoms with Crippen LogP contribution >= 0.6 is 7.82 Å². The van der Waals surface area contributed by atoms with E-state index in [0.29, 0.717) is 11.0 Å². The first-order valence-corrected chi connectivity index (χ1v) is 22.2. The molecule has 0 radical (unpaired) electrons. The number of nitrogens with zero attached hydrogens (tertiary/aromatic N) is 1. The first kappa shape index (κ1) is 49.0. The average molecular weight is 730 g/mol. The number of amides is 1. The summed E-state index contributed by atoms with van der Waals surface area (Å²) < 4.78 is 23.0. The van der Waals surface area contributed by atoms with E-state index < -0.39 is 20.0 Å². The number of hydrogen-bond acceptors (Lipinski definition) is 5. The number of aliphatic hydroxyl groups excluding tert-OH is 1. The lowest BCUT2D eigenvalue weighted by Crippen LogP contribution is -2.45. The van der Waals surface area contributed by atoms with Crippen LogP contribution in [-0.4, -0.2) is 73.4 Å². The largest absolute Gasteiger partial charge is 0.472 e. The molecule has 0 saturated heterocycles. The monoisotopic (exact) mass is 730 g/mol. The zero-order valence-electron chi connectivity index (χ0n) is 33.4. The molecule has 0 aromatic heterocycles. The van der Waals surface area contributed by atoms with Crippen molar-refractivity contribution < 1.29 is 32.9 Å². The first-order chi connectivity index (χ1) is 24.0. The van der Waals surface area contributed by atoms with Crippen molar-refractivity contribution in [1.29, 1.82) is 0 Å². The highest BCUT2D eigenvalue weighted by Gasteiger charge is 2.27. The highest BCUT2D eigenvalue weighted by atomic mass is 31.2. The van der Waals surface area contributed by atoms with Crippen molar-refractivity contribution in [3.8, 4) is 0 Å². The molecule has 0 aliphatic heterocycles. The Morgan fingerprint density at radius 1 is 0.660 bits per heavy atom. The second-order valence-corrected chi connectivity index (χ2v) is 16.8. The molecule has 0 spiro atoms. The zero-order valence-corrected chi connectivity index (χ0v) is 34.3. The van der Waals surface area contributed by atoms with Crippen LogP contribution in [-0.2, 0) is 18.4 Å². The molecule has 0 saturated carbocycles. The van der Waals surface area contributed by atoms with Gasteiger partial charge in [-0.1, -0.05) is 173 Å². The normalized spacial score (nSPS) is 14.8. The minimum atomic E-state index is -4.30. The molecule has 50 heavy (non-hydrogen) atoms. The van der Waals surface area contributed by atoms with Crippen molar-refractivity contribution in [1.82, 2.24) is 5.32 Å². The van der Waals surface area contributed by atoms with Crippen LogP contribution in [0.15, 0.2) is 24.3 Å². The molecular weight excluding hydrogens is 647 g/mol. The summed E-state index contributed by atoms with van der Waals surface area (Å²) in [6.07, 6.45) is 40.8. The van der Waals surface area contributed by atoms with E-state index in [0.717, 1.165) is 19.3 Å². The number of hydrogen-bond donors (Lipinski definition) is 3. The molecule has 0 heterocycles. The van der Waals surface area contributed by atoms with E-state index in [4.69, 9.17) is 9.05 Å². The molecule has 9 heteroatoms. The summed E-state index contributed by atoms with van der Waals surface area (Å²) in [5.41, 5.74) is 0. The standard InChI is InChI=1S/C41H81N2O6P/c1-6-8-9-10-11-12-13-14-15-16-17-18-19-20-21-22-23-24-25-26-27-28-29-30-31-32-33-34-35-40(44)39(42-41(45)7-2)38-49-50(46,47)48-37-36-43(3,4)5/h30-31,34-35,39-40,44H,6-29,32-33,36-38H2,1-5H3,(H-,42,45,46,47)/p+1/b31-30+,35-34+. The highest BCUT2D eigenvalue weighted by Crippen LogP contribution is 2.43. The number of quaternary nitrogens is 1. The smallest absolute Gasteiger partial charge is 0.387 e. The Kier molecular flexibility index (Phi) is 33.1. The molecule has 0 rings (SSSR count). The number of nitrogens with one attached hydrogen (secondary N) is 1. The van der Waals surface area contributed by atoms with Crippen molar-refractivity contribution >= 4 is 13.7 Å². The van der Waals surface area contributed by atoms with Gasteiger partial charge in [0.05, 0.1) is 39.9 Å². The van der Waals surface area contributed by atoms with E-state index in [1.165, 1.54) is 141 Å². The summed E-state index contributed by atoms with van der Waals surface area (Å²) in [5, 5.41) is 13.3. The van der Waals surface area contributed by atoms with Crippen LogP contribution in [0.5, 0.6) is 0 Å². The number of aliphatic hydroxyl groups is 1. The Labute approximate surface area is 309 Å². The maximum Gasteiger partial charge on any atom is 0.472 e. The van der Waals surface area contributed by atoms with E-state index in [9.17, 15) is 19.4 Å². The van der Waals surface area contributed by atoms with Crippen LogP contribution in [0.25, 0.3) is 0 Å². The molecular formula is C41H82N2O6P+. The van der Waals surface area contributed by atoms with E-state index >= 15 is 0 Å². The van der Waals surface area contributed by atoms with Crippen LogP contribution in [0.4, 0.5) is 0 Å². The minimum Gasteiger partial charge on any atom is -0.387 e. The van der Waals surface area contributed by atoms with Crippen molar-refractivity contribution in [3.05, 3.63) is 24.3 Å². The Bertz CT molecular complexity index is 876. The minimum absolute atomic E-state index is 0.0544. The number of unbranched alkanes of at least 4 members (excludes halogenated alkanes) is 23. The van der Waals surface area contributed by atoms with Crippen molar-refractivity contribution in [2.45, 2.75) is 193 Å². The highest BCUT2D eigenvalue weighted by molar-refractivity contribution is 7.47. The van der Waals surface area contributed by atoms with E-state index in [1.54, 1.807) is 13.0 Å². The van der Waals surface area contributed by atoms with Crippen LogP contribution in [0.1, 0.15) is 181 Å². The second kappa shape index (κ2) is 33.8. The molecule has 0 fully saturated rings. The SMILES string of the molecule is CCCCCCCCCCCCCCCCCCCCCCCC/C=C/CC/C=C/C(O)C(COP(=O)(O)OCC[N+](C)(C)C)NC(=O)CC. The van der Waals surface area contributed by atoms with Crippen LogP contribution in [0, 0.1) is 0 Å². The molecule has 296 valence electrons. The van der Waals surface area contributed by atoms with Gasteiger partial charge >= 0.3 is 7.82 Å². The van der Waals surface area contributed by atoms with Gasteiger partial charge in [0.2, 0.25) is 5.91 Å². The fourth-order valence-electron chi connectivity index (χ4n) is 5.85. The van der Waals surface area contributed by atoms with Gasteiger partial charge in [0, 0.05) is 6.42 Å². The van der Waals surface area contributed by atoms with Gasteiger partial charge in [-0.25, -0.2) is 4.57 Å². The zero-order chi connectivity index (χ0) is 37.2. The Morgan fingerprint density at radius 3 is 1.52 bits per heavy atom. The molecule has 3 unspecified atom stereocenters. The predicted octanol–water partition coefficient (Wildman–Crippen LogP) is 11.0. The summed E-state index contributed by atoms with van der Waals surface area (Å²) in [4.78, 5) is 22.0. The molecule has 3 N–H and O–H groups in total. The van der Waals surface area contributed by atoms with E-state index in [-0.39, 0.29) is 25.5 Å². The van der Waals surface area contributed by atoms with Gasteiger partial charge in [0.25, 0.3) is 0 Å². The van der Waals surface area contributed by atoms with Gasteiger partial charge in [-0.2, -0.15) is 0 Å². The van der Waals surface area contributed by atoms with E-state index in [2.05, 4.69) is 24.4 Å². The quantitative estimate of drug-likeness (QED) is 0.0254. The number of rotatable bonds is 37. The lowest BCUT2D eigenvalue weighted by molar-refractivity contribution is -0.870. The summed E-state index contributed by atoms with van der Waals surface area (Å²) >= 11 is 0. The summed E-state index contributed by atoms with van der Waals surface area (Å²) in [6, 6.07) is -0.856. The summed E-state index contributed by atoms with van der Waals surface area (Å²) in [6.45, 7) is 4.24. The predicted molar refractivity (Wildman–Crippen MR) is 212 cm³/mol. The van der Waals surface area contributed by atoms with Gasteiger partial charge in [0.1, 0.15) is 13.2 Å². The second-order valence-electron chi connectivity index (χ2n) is 15.3. The fourth-order valence-corrected chi connectivity index (χ4v) is 6.58. The van der Waals surface area contributed by atoms with Crippen LogP contribution in [0.3, 0.4) is 0 Å². The maximum atomic E-state index is 12.3. The summed E-state index contributed by atoms with van der Waals surface area (Å²) in [5.74, 6) is -0.275. The molecule has 8 nitrogen and oxygen atoms in total. The van der Waals surface area contributed by atoms with Gasteiger partial charge in [-0.15, -0.1) is 0 Å². The average Bonchev–Trinajstić information content (AvgIpc) is 3.06. The number of likely N-dealkylation sites (N-methyl/N-ethyl adjacent to an activating group) is 1. The maximum absolute atomic E-state index is 12.3. The number of allylic oxidation sites excluding steroid dienone is 3. The molecule has 0 aliphatic carbocycles. The van der Waals surface area contributed by atoms with Crippen LogP contribution < -0.4 is 5.32 Å². The Hall–Kier alpha value is -1.02. The van der Waals surface area contributed by atoms with Gasteiger partial charge < -0.3 is 19.8 Å². The third kappa shape index (κ3) is 35.4. The van der Waals surface area contributed by atoms with E-state index in [1.807, 2.05) is 27.2 Å². The third-order valence-corrected chi connectivity index (χ3v) is 10.2. The lowest BCUT2D eigenvalue weighted by atomic mass is 10.0. The Morgan fingerprint density at radius 2 is 1.08 bits per heavy atom. The topological polar surface area (TPSA) is 105 Å². The fraction of sp³-hybridized carbons (Fsp3) is 0.878. The van der Waals surface area contributed by atoms with Crippen molar-refractivity contribution in [2.24, 2.45) is 0 Å². The number of phosphoric ester groups is 1. The number of carbonyl (C=O) groups is 1. The van der Waals surface area contributed by atoms with Crippen molar-refractivity contribution in [3.63, 3.8) is 0 Å². The van der Waals surface area contributed by atoms with Gasteiger partial charge in [-0.3, -0.25) is 13.8 Å². The number of carbonyl (C=O) groups excluding carboxylic acids is 1. The van der Waals surface area contributed by atoms with Gasteiger partial charge in [-0.05, 0) is 25.7 Å². The van der Waals surface area contributed by atoms with Crippen molar-refractivity contribution in [2.75, 3.05) is 40.9 Å². The summed E-state index contributed by atoms with van der Waals surface area (Å²) in [7, 11) is 1.55. The molecule has 0 bridgehead atoms.